The van der Waals surface area contributed by atoms with Crippen LogP contribution in [0.15, 0.2) is 61.2 Å². The Labute approximate surface area is 151 Å². The van der Waals surface area contributed by atoms with Gasteiger partial charge < -0.3 is 5.32 Å². The van der Waals surface area contributed by atoms with Gasteiger partial charge in [-0.25, -0.2) is 9.67 Å². The van der Waals surface area contributed by atoms with E-state index in [2.05, 4.69) is 15.4 Å². The molecular weight excluding hydrogens is 336 g/mol. The number of aryl methyl sites for hydroxylation is 1. The minimum atomic E-state index is -0.0532. The van der Waals surface area contributed by atoms with Crippen molar-refractivity contribution in [3.8, 4) is 5.69 Å². The summed E-state index contributed by atoms with van der Waals surface area (Å²) in [6, 6.07) is 15.4. The van der Waals surface area contributed by atoms with Crippen molar-refractivity contribution < 1.29 is 4.79 Å². The van der Waals surface area contributed by atoms with Crippen molar-refractivity contribution >= 4 is 17.5 Å². The molecule has 1 N–H and O–H groups in total. The predicted molar refractivity (Wildman–Crippen MR) is 97.7 cm³/mol. The zero-order valence-corrected chi connectivity index (χ0v) is 14.6. The Morgan fingerprint density at radius 2 is 1.88 bits per heavy atom. The van der Waals surface area contributed by atoms with E-state index in [9.17, 15) is 4.79 Å². The van der Waals surface area contributed by atoms with E-state index >= 15 is 0 Å². The van der Waals surface area contributed by atoms with Gasteiger partial charge >= 0.3 is 0 Å². The molecule has 1 amide bonds. The summed E-state index contributed by atoms with van der Waals surface area (Å²) < 4.78 is 1.69. The van der Waals surface area contributed by atoms with Crippen molar-refractivity contribution in [3.63, 3.8) is 0 Å². The van der Waals surface area contributed by atoms with Gasteiger partial charge in [-0.1, -0.05) is 35.9 Å². The number of hydrogen-bond acceptors (Lipinski definition) is 3. The van der Waals surface area contributed by atoms with Crippen LogP contribution in [0.25, 0.3) is 5.69 Å². The maximum Gasteiger partial charge on any atom is 0.220 e. The summed E-state index contributed by atoms with van der Waals surface area (Å²) in [5.41, 5.74) is 3.08. The molecule has 1 atom stereocenters. The maximum absolute atomic E-state index is 12.2. The summed E-state index contributed by atoms with van der Waals surface area (Å²) in [6.45, 7) is 1.98. The molecule has 3 rings (SSSR count). The number of rotatable bonds is 6. The molecule has 1 heterocycles. The Balaban J connectivity index is 1.53. The third kappa shape index (κ3) is 4.67. The van der Waals surface area contributed by atoms with Crippen LogP contribution in [0.2, 0.25) is 5.02 Å². The molecule has 0 saturated heterocycles. The fourth-order valence-corrected chi connectivity index (χ4v) is 2.69. The predicted octanol–water partition coefficient (Wildman–Crippen LogP) is 3.73. The molecule has 1 aromatic heterocycles. The molecule has 0 aliphatic rings. The lowest BCUT2D eigenvalue weighted by Gasteiger charge is -2.15. The molecule has 6 heteroatoms. The Kier molecular flexibility index (Phi) is 5.46. The maximum atomic E-state index is 12.2. The van der Waals surface area contributed by atoms with E-state index in [0.29, 0.717) is 17.9 Å². The zero-order valence-electron chi connectivity index (χ0n) is 13.9. The van der Waals surface area contributed by atoms with E-state index < -0.39 is 0 Å². The Hall–Kier alpha value is -2.66. The van der Waals surface area contributed by atoms with Crippen LogP contribution in [0, 0.1) is 0 Å². The van der Waals surface area contributed by atoms with Crippen molar-refractivity contribution in [2.75, 3.05) is 0 Å². The van der Waals surface area contributed by atoms with Gasteiger partial charge in [-0.2, -0.15) is 5.10 Å². The number of carbonyl (C=O) groups excluding carboxylic acids is 1. The molecule has 0 radical (unpaired) electrons. The van der Waals surface area contributed by atoms with E-state index in [0.717, 1.165) is 16.8 Å². The second-order valence-corrected chi connectivity index (χ2v) is 6.28. The lowest BCUT2D eigenvalue weighted by Crippen LogP contribution is -2.26. The van der Waals surface area contributed by atoms with E-state index in [1.807, 2.05) is 55.5 Å². The van der Waals surface area contributed by atoms with Gasteiger partial charge in [0, 0.05) is 11.4 Å². The van der Waals surface area contributed by atoms with Crippen LogP contribution >= 0.6 is 11.6 Å². The van der Waals surface area contributed by atoms with Gasteiger partial charge in [-0.3, -0.25) is 4.79 Å². The summed E-state index contributed by atoms with van der Waals surface area (Å²) in [4.78, 5) is 16.1. The molecule has 0 saturated carbocycles. The lowest BCUT2D eigenvalue weighted by atomic mass is 10.1. The molecule has 0 spiro atoms. The monoisotopic (exact) mass is 354 g/mol. The highest BCUT2D eigenvalue weighted by molar-refractivity contribution is 6.30. The molecule has 0 fully saturated rings. The fourth-order valence-electron chi connectivity index (χ4n) is 2.56. The summed E-state index contributed by atoms with van der Waals surface area (Å²) in [5, 5.41) is 7.83. The molecule has 0 aliphatic heterocycles. The second-order valence-electron chi connectivity index (χ2n) is 5.85. The highest BCUT2D eigenvalue weighted by Crippen LogP contribution is 2.16. The summed E-state index contributed by atoms with van der Waals surface area (Å²) in [6.07, 6.45) is 4.29. The van der Waals surface area contributed by atoms with Gasteiger partial charge in [0.05, 0.1) is 11.7 Å². The van der Waals surface area contributed by atoms with Crippen LogP contribution < -0.4 is 5.32 Å². The molecular formula is C19H19ClN4O. The van der Waals surface area contributed by atoms with Gasteiger partial charge in [0.1, 0.15) is 12.7 Å². The van der Waals surface area contributed by atoms with Crippen LogP contribution in [0.4, 0.5) is 0 Å². The smallest absolute Gasteiger partial charge is 0.220 e. The minimum absolute atomic E-state index is 0.0304. The normalized spacial score (nSPS) is 11.9. The van der Waals surface area contributed by atoms with Crippen molar-refractivity contribution in [2.24, 2.45) is 0 Å². The summed E-state index contributed by atoms with van der Waals surface area (Å²) in [7, 11) is 0. The molecule has 5 nitrogen and oxygen atoms in total. The third-order valence-electron chi connectivity index (χ3n) is 4.01. The number of nitrogens with one attached hydrogen (secondary N) is 1. The average molecular weight is 355 g/mol. The number of carbonyl (C=O) groups is 1. The van der Waals surface area contributed by atoms with Crippen LogP contribution in [0.1, 0.15) is 30.5 Å². The standard InChI is InChI=1S/C19H19ClN4O/c1-14(16-5-9-18(10-6-16)24-13-21-12-22-24)23-19(25)11-4-15-2-7-17(20)8-3-15/h2-3,5-10,12-14H,4,11H2,1H3,(H,23,25). The first-order chi connectivity index (χ1) is 12.1. The van der Waals surface area contributed by atoms with Crippen molar-refractivity contribution in [2.45, 2.75) is 25.8 Å². The summed E-state index contributed by atoms with van der Waals surface area (Å²) >= 11 is 5.87. The molecule has 3 aromatic rings. The number of hydrogen-bond donors (Lipinski definition) is 1. The molecule has 25 heavy (non-hydrogen) atoms. The van der Waals surface area contributed by atoms with Gasteiger partial charge in [0.2, 0.25) is 5.91 Å². The first-order valence-electron chi connectivity index (χ1n) is 8.10. The second kappa shape index (κ2) is 7.94. The van der Waals surface area contributed by atoms with Gasteiger partial charge in [-0.05, 0) is 48.7 Å². The van der Waals surface area contributed by atoms with E-state index in [1.165, 1.54) is 6.33 Å². The first-order valence-corrected chi connectivity index (χ1v) is 8.48. The highest BCUT2D eigenvalue weighted by atomic mass is 35.5. The number of nitrogens with zero attached hydrogens (tertiary/aromatic N) is 3. The van der Waals surface area contributed by atoms with Gasteiger partial charge in [0.15, 0.2) is 0 Å². The van der Waals surface area contributed by atoms with Crippen LogP contribution in [0.3, 0.4) is 0 Å². The zero-order chi connectivity index (χ0) is 17.6. The number of amides is 1. The quantitative estimate of drug-likeness (QED) is 0.733. The van der Waals surface area contributed by atoms with Crippen molar-refractivity contribution in [3.05, 3.63) is 77.3 Å². The largest absolute Gasteiger partial charge is 0.350 e. The average Bonchev–Trinajstić information content (AvgIpc) is 3.16. The van der Waals surface area contributed by atoms with Gasteiger partial charge in [0.25, 0.3) is 0 Å². The molecule has 1 unspecified atom stereocenters. The first kappa shape index (κ1) is 17.2. The Morgan fingerprint density at radius 1 is 1.16 bits per heavy atom. The van der Waals surface area contributed by atoms with Crippen LogP contribution in [0.5, 0.6) is 0 Å². The number of halogens is 1. The molecule has 2 aromatic carbocycles. The SMILES string of the molecule is CC(NC(=O)CCc1ccc(Cl)cc1)c1ccc(-n2cncn2)cc1. The summed E-state index contributed by atoms with van der Waals surface area (Å²) in [5.74, 6) is 0.0304. The third-order valence-corrected chi connectivity index (χ3v) is 4.26. The van der Waals surface area contributed by atoms with Crippen LogP contribution in [-0.4, -0.2) is 20.7 Å². The van der Waals surface area contributed by atoms with Crippen molar-refractivity contribution in [1.82, 2.24) is 20.1 Å². The van der Waals surface area contributed by atoms with Gasteiger partial charge in [-0.15, -0.1) is 0 Å². The highest BCUT2D eigenvalue weighted by Gasteiger charge is 2.10. The molecule has 0 aliphatic carbocycles. The molecule has 128 valence electrons. The fraction of sp³-hybridized carbons (Fsp3) is 0.211. The van der Waals surface area contributed by atoms with E-state index in [1.54, 1.807) is 11.0 Å². The number of aromatic nitrogens is 3. The Bertz CT molecular complexity index is 814. The Morgan fingerprint density at radius 3 is 2.52 bits per heavy atom. The lowest BCUT2D eigenvalue weighted by molar-refractivity contribution is -0.121. The topological polar surface area (TPSA) is 59.8 Å². The number of benzene rings is 2. The van der Waals surface area contributed by atoms with E-state index in [-0.39, 0.29) is 11.9 Å². The van der Waals surface area contributed by atoms with Crippen molar-refractivity contribution in [1.29, 1.82) is 0 Å². The van der Waals surface area contributed by atoms with E-state index in [4.69, 9.17) is 11.6 Å². The van der Waals surface area contributed by atoms with Crippen LogP contribution in [-0.2, 0) is 11.2 Å². The molecule has 0 bridgehead atoms. The minimum Gasteiger partial charge on any atom is -0.350 e.